The highest BCUT2D eigenvalue weighted by molar-refractivity contribution is 6.74. The number of halogens is 3. The summed E-state index contributed by atoms with van der Waals surface area (Å²) in [6, 6.07) is 14.8. The molecular formula is C39H47ClF2N2O4Si. The zero-order valence-electron chi connectivity index (χ0n) is 29.8. The smallest absolute Gasteiger partial charge is 0.407 e. The van der Waals surface area contributed by atoms with E-state index in [2.05, 4.69) is 45.3 Å². The number of amides is 1. The molecule has 2 aliphatic rings. The molecule has 0 saturated heterocycles. The maximum atomic E-state index is 16.8. The van der Waals surface area contributed by atoms with Crippen LogP contribution in [0.1, 0.15) is 101 Å². The average Bonchev–Trinajstić information content (AvgIpc) is 3.58. The predicted molar refractivity (Wildman–Crippen MR) is 191 cm³/mol. The molecule has 0 aromatic heterocycles. The zero-order chi connectivity index (χ0) is 35.9. The molecule has 5 rings (SSSR count). The van der Waals surface area contributed by atoms with Crippen molar-refractivity contribution in [3.05, 3.63) is 86.9 Å². The number of ether oxygens (including phenoxy) is 2. The third-order valence-electron chi connectivity index (χ3n) is 10.0. The van der Waals surface area contributed by atoms with Gasteiger partial charge in [-0.3, -0.25) is 0 Å². The van der Waals surface area contributed by atoms with Gasteiger partial charge in [-0.25, -0.2) is 13.6 Å². The van der Waals surface area contributed by atoms with Gasteiger partial charge < -0.3 is 19.2 Å². The summed E-state index contributed by atoms with van der Waals surface area (Å²) in [5.41, 5.74) is 1.36. The lowest BCUT2D eigenvalue weighted by Crippen LogP contribution is -2.41. The van der Waals surface area contributed by atoms with Crippen molar-refractivity contribution in [3.63, 3.8) is 0 Å². The zero-order valence-corrected chi connectivity index (χ0v) is 31.5. The van der Waals surface area contributed by atoms with Crippen molar-refractivity contribution in [2.75, 3.05) is 6.54 Å². The number of nitrogens with one attached hydrogen (secondary N) is 1. The molecule has 262 valence electrons. The summed E-state index contributed by atoms with van der Waals surface area (Å²) in [5.74, 6) is -1.03. The molecule has 1 aliphatic heterocycles. The van der Waals surface area contributed by atoms with Crippen molar-refractivity contribution >= 4 is 26.0 Å². The fraction of sp³-hybridized carbons (Fsp3) is 0.487. The van der Waals surface area contributed by atoms with Gasteiger partial charge in [0.2, 0.25) is 0 Å². The number of hydrogen-bond acceptors (Lipinski definition) is 5. The fourth-order valence-corrected chi connectivity index (χ4v) is 8.17. The summed E-state index contributed by atoms with van der Waals surface area (Å²) in [6.45, 7) is 16.6. The van der Waals surface area contributed by atoms with Crippen LogP contribution < -0.4 is 10.1 Å². The lowest BCUT2D eigenvalue weighted by Gasteiger charge is -2.38. The van der Waals surface area contributed by atoms with Crippen LogP contribution in [0.2, 0.25) is 23.2 Å². The Balaban J connectivity index is 1.50. The van der Waals surface area contributed by atoms with Gasteiger partial charge in [0.1, 0.15) is 28.6 Å². The summed E-state index contributed by atoms with van der Waals surface area (Å²) in [4.78, 5) is 12.2. The molecular weight excluding hydrogens is 662 g/mol. The minimum absolute atomic E-state index is 0.00370. The minimum Gasteiger partial charge on any atom is -0.482 e. The van der Waals surface area contributed by atoms with Crippen LogP contribution in [0.15, 0.2) is 42.5 Å². The normalized spacial score (nSPS) is 18.8. The topological polar surface area (TPSA) is 80.6 Å². The molecule has 2 atom stereocenters. The van der Waals surface area contributed by atoms with E-state index >= 15 is 8.78 Å². The Morgan fingerprint density at radius 2 is 1.78 bits per heavy atom. The van der Waals surface area contributed by atoms with Crippen LogP contribution in [0.3, 0.4) is 0 Å². The number of rotatable bonds is 9. The first-order valence-electron chi connectivity index (χ1n) is 17.0. The number of carbonyl (C=O) groups excluding carboxylic acids is 1. The predicted octanol–water partition coefficient (Wildman–Crippen LogP) is 10.7. The van der Waals surface area contributed by atoms with Gasteiger partial charge in [0.15, 0.2) is 8.32 Å². The molecule has 3 aromatic rings. The highest BCUT2D eigenvalue weighted by atomic mass is 35.5. The number of nitriles is 1. The van der Waals surface area contributed by atoms with Gasteiger partial charge >= 0.3 is 6.09 Å². The van der Waals surface area contributed by atoms with Crippen LogP contribution in [0.25, 0.3) is 11.1 Å². The van der Waals surface area contributed by atoms with E-state index in [9.17, 15) is 10.1 Å². The van der Waals surface area contributed by atoms with Crippen molar-refractivity contribution < 1.29 is 27.5 Å². The Morgan fingerprint density at radius 1 is 1.08 bits per heavy atom. The Labute approximate surface area is 295 Å². The maximum Gasteiger partial charge on any atom is 0.407 e. The lowest BCUT2D eigenvalue weighted by atomic mass is 9.82. The standard InChI is InChI=1S/C39H47ClF2N2O4Si/c1-37(2,3)47-36(45)44-19-13-12-18-39(25-14-10-9-11-15-25)22-28-31(46-39)21-29(41)34(40)33(28)32-24(23-43)20-27-26(35(32)42)16-17-30(27)48-49(7,8)38(4,5)6/h9-11,14-15,20-21,30H,12-13,16-19,22H2,1-8H3,(H,44,45)/t30?,39-/m0/s1. The van der Waals surface area contributed by atoms with Crippen molar-refractivity contribution in [2.45, 2.75) is 116 Å². The SMILES string of the molecule is CC(C)(C)OC(=O)NCCCC[C@@]1(c2ccccc2)Cc2c(cc(F)c(Cl)c2-c2c(C#N)cc3c(c2F)CCC3O[Si](C)(C)C(C)(C)C)O1. The molecule has 1 aliphatic carbocycles. The van der Waals surface area contributed by atoms with E-state index in [1.807, 2.05) is 51.1 Å². The van der Waals surface area contributed by atoms with E-state index in [0.717, 1.165) is 5.56 Å². The number of hydrogen-bond donors (Lipinski definition) is 1. The monoisotopic (exact) mass is 708 g/mol. The Hall–Kier alpha value is -3.45. The van der Waals surface area contributed by atoms with Crippen molar-refractivity contribution in [2.24, 2.45) is 0 Å². The van der Waals surface area contributed by atoms with Crippen LogP contribution in [-0.4, -0.2) is 26.6 Å². The van der Waals surface area contributed by atoms with Crippen molar-refractivity contribution in [1.82, 2.24) is 5.32 Å². The lowest BCUT2D eigenvalue weighted by molar-refractivity contribution is 0.0524. The molecule has 10 heteroatoms. The van der Waals surface area contributed by atoms with E-state index < -0.39 is 37.2 Å². The fourth-order valence-electron chi connectivity index (χ4n) is 6.60. The third kappa shape index (κ3) is 7.52. The summed E-state index contributed by atoms with van der Waals surface area (Å²) in [6.07, 6.45) is 2.37. The van der Waals surface area contributed by atoms with E-state index in [-0.39, 0.29) is 38.6 Å². The highest BCUT2D eigenvalue weighted by Crippen LogP contribution is 2.53. The second kappa shape index (κ2) is 13.7. The van der Waals surface area contributed by atoms with Crippen molar-refractivity contribution in [1.29, 1.82) is 5.26 Å². The molecule has 0 spiro atoms. The van der Waals surface area contributed by atoms with Gasteiger partial charge in [-0.05, 0) is 93.8 Å². The van der Waals surface area contributed by atoms with Gasteiger partial charge in [0.25, 0.3) is 0 Å². The van der Waals surface area contributed by atoms with Gasteiger partial charge in [0.05, 0.1) is 22.8 Å². The summed E-state index contributed by atoms with van der Waals surface area (Å²) < 4.78 is 51.2. The van der Waals surface area contributed by atoms with Crippen molar-refractivity contribution in [3.8, 4) is 22.9 Å². The van der Waals surface area contributed by atoms with E-state index in [0.29, 0.717) is 61.8 Å². The minimum atomic E-state index is -2.19. The number of fused-ring (bicyclic) bond motifs is 2. The molecule has 6 nitrogen and oxygen atoms in total. The largest absolute Gasteiger partial charge is 0.482 e. The number of unbranched alkanes of at least 4 members (excludes halogenated alkanes) is 1. The first-order chi connectivity index (χ1) is 22.9. The molecule has 0 saturated carbocycles. The molecule has 1 amide bonds. The molecule has 0 radical (unpaired) electrons. The average molecular weight is 709 g/mol. The van der Waals surface area contributed by atoms with Crippen LogP contribution >= 0.6 is 11.6 Å². The number of alkyl carbamates (subject to hydrolysis) is 1. The summed E-state index contributed by atoms with van der Waals surface area (Å²) in [7, 11) is -2.19. The molecule has 0 fully saturated rings. The first kappa shape index (κ1) is 36.8. The van der Waals surface area contributed by atoms with E-state index in [1.165, 1.54) is 6.07 Å². The quantitative estimate of drug-likeness (QED) is 0.177. The van der Waals surface area contributed by atoms with Crippen LogP contribution in [0.5, 0.6) is 5.75 Å². The van der Waals surface area contributed by atoms with Crippen LogP contribution in [0, 0.1) is 23.0 Å². The molecule has 0 bridgehead atoms. The number of nitrogens with zero attached hydrogens (tertiary/aromatic N) is 1. The van der Waals surface area contributed by atoms with E-state index in [1.54, 1.807) is 6.07 Å². The van der Waals surface area contributed by atoms with Gasteiger partial charge in [-0.2, -0.15) is 5.26 Å². The Bertz CT molecular complexity index is 1780. The molecule has 3 aromatic carbocycles. The van der Waals surface area contributed by atoms with E-state index in [4.69, 9.17) is 25.5 Å². The third-order valence-corrected chi connectivity index (χ3v) is 14.9. The molecule has 49 heavy (non-hydrogen) atoms. The van der Waals surface area contributed by atoms with Crippen LogP contribution in [-0.2, 0) is 27.6 Å². The second-order valence-corrected chi connectivity index (χ2v) is 20.9. The number of carbonyl (C=O) groups is 1. The molecule has 1 N–H and O–H groups in total. The Morgan fingerprint density at radius 3 is 2.41 bits per heavy atom. The second-order valence-electron chi connectivity index (χ2n) is 15.7. The highest BCUT2D eigenvalue weighted by Gasteiger charge is 2.45. The maximum absolute atomic E-state index is 16.8. The number of benzene rings is 3. The Kier molecular flexibility index (Phi) is 10.3. The summed E-state index contributed by atoms with van der Waals surface area (Å²) in [5, 5.41) is 12.9. The molecule has 1 heterocycles. The van der Waals surface area contributed by atoms with Crippen LogP contribution in [0.4, 0.5) is 13.6 Å². The van der Waals surface area contributed by atoms with Gasteiger partial charge in [0, 0.05) is 35.7 Å². The molecule has 1 unspecified atom stereocenters. The first-order valence-corrected chi connectivity index (χ1v) is 20.3. The summed E-state index contributed by atoms with van der Waals surface area (Å²) >= 11 is 6.71. The van der Waals surface area contributed by atoms with Gasteiger partial charge in [-0.1, -0.05) is 62.7 Å². The van der Waals surface area contributed by atoms with Gasteiger partial charge in [-0.15, -0.1) is 0 Å².